The molecule has 7 rings (SSSR count). The molecule has 0 saturated heterocycles. The van der Waals surface area contributed by atoms with Crippen LogP contribution in [-0.2, 0) is 21.2 Å². The third-order valence-corrected chi connectivity index (χ3v) is 11.4. The van der Waals surface area contributed by atoms with E-state index in [0.29, 0.717) is 24.2 Å². The SMILES string of the molecule is C=C/C=C\c1c(C)[nH]c2c1C[C@H](C)N(C(=O)CCl)[C@H]2c1ccc(S(=O)(=O)NC23CC4CC(CC(C4)C2)C3)cc1. The Morgan fingerprint density at radius 2 is 1.77 bits per heavy atom. The van der Waals surface area contributed by atoms with E-state index in [1.54, 1.807) is 18.2 Å². The highest BCUT2D eigenvalue weighted by atomic mass is 35.5. The van der Waals surface area contributed by atoms with Crippen LogP contribution < -0.4 is 4.72 Å². The van der Waals surface area contributed by atoms with Crippen molar-refractivity contribution in [3.63, 3.8) is 0 Å². The van der Waals surface area contributed by atoms with Gasteiger partial charge in [0.1, 0.15) is 5.88 Å². The zero-order valence-electron chi connectivity index (χ0n) is 22.8. The van der Waals surface area contributed by atoms with E-state index in [0.717, 1.165) is 41.8 Å². The van der Waals surface area contributed by atoms with Crippen LogP contribution in [0.2, 0.25) is 0 Å². The number of rotatable bonds is 7. The number of sulfonamides is 1. The number of hydrogen-bond acceptors (Lipinski definition) is 3. The molecule has 0 radical (unpaired) electrons. The number of carbonyl (C=O) groups excluding carboxylic acids is 1. The van der Waals surface area contributed by atoms with Gasteiger partial charge in [-0.15, -0.1) is 11.6 Å². The van der Waals surface area contributed by atoms with Crippen LogP contribution >= 0.6 is 11.6 Å². The second kappa shape index (κ2) is 9.93. The van der Waals surface area contributed by atoms with Crippen LogP contribution in [0.3, 0.4) is 0 Å². The highest BCUT2D eigenvalue weighted by Gasteiger charge is 2.52. The first kappa shape index (κ1) is 26.9. The van der Waals surface area contributed by atoms with Gasteiger partial charge in [-0.3, -0.25) is 4.79 Å². The molecule has 8 heteroatoms. The van der Waals surface area contributed by atoms with Crippen molar-refractivity contribution in [3.05, 3.63) is 71.1 Å². The van der Waals surface area contributed by atoms with Crippen LogP contribution in [0, 0.1) is 24.7 Å². The van der Waals surface area contributed by atoms with Gasteiger partial charge >= 0.3 is 0 Å². The van der Waals surface area contributed by atoms with E-state index in [2.05, 4.69) is 16.3 Å². The number of allylic oxidation sites excluding steroid dienone is 2. The first-order valence-electron chi connectivity index (χ1n) is 14.1. The second-order valence-corrected chi connectivity index (χ2v) is 14.4. The van der Waals surface area contributed by atoms with Crippen molar-refractivity contribution < 1.29 is 13.2 Å². The number of halogens is 1. The molecule has 2 N–H and O–H groups in total. The molecule has 6 nitrogen and oxygen atoms in total. The van der Waals surface area contributed by atoms with Crippen molar-refractivity contribution in [2.24, 2.45) is 17.8 Å². The Balaban J connectivity index is 1.33. The zero-order valence-corrected chi connectivity index (χ0v) is 24.3. The normalized spacial score (nSPS) is 31.6. The van der Waals surface area contributed by atoms with Gasteiger partial charge in [0.2, 0.25) is 15.9 Å². The molecule has 39 heavy (non-hydrogen) atoms. The van der Waals surface area contributed by atoms with E-state index in [-0.39, 0.29) is 34.3 Å². The van der Waals surface area contributed by atoms with Crippen molar-refractivity contribution >= 4 is 33.6 Å². The monoisotopic (exact) mass is 567 g/mol. The molecule has 2 aromatic rings. The minimum atomic E-state index is -3.67. The summed E-state index contributed by atoms with van der Waals surface area (Å²) in [7, 11) is -3.67. The minimum Gasteiger partial charge on any atom is -0.360 e. The summed E-state index contributed by atoms with van der Waals surface area (Å²) in [6.45, 7) is 7.86. The first-order chi connectivity index (χ1) is 18.6. The number of carbonyl (C=O) groups is 1. The number of amides is 1. The number of aromatic amines is 1. The van der Waals surface area contributed by atoms with Crippen molar-refractivity contribution in [3.8, 4) is 0 Å². The number of nitrogens with zero attached hydrogens (tertiary/aromatic N) is 1. The molecule has 208 valence electrons. The molecule has 1 aliphatic heterocycles. The second-order valence-electron chi connectivity index (χ2n) is 12.4. The van der Waals surface area contributed by atoms with Crippen LogP contribution in [0.5, 0.6) is 0 Å². The maximum absolute atomic E-state index is 13.6. The number of fused-ring (bicyclic) bond motifs is 1. The fourth-order valence-electron chi connectivity index (χ4n) is 8.54. The first-order valence-corrected chi connectivity index (χ1v) is 16.2. The van der Waals surface area contributed by atoms with Crippen LogP contribution in [0.1, 0.15) is 79.6 Å². The lowest BCUT2D eigenvalue weighted by Crippen LogP contribution is -2.59. The molecule has 4 saturated carbocycles. The van der Waals surface area contributed by atoms with Gasteiger partial charge in [-0.2, -0.15) is 0 Å². The number of H-pyrrole nitrogens is 1. The summed E-state index contributed by atoms with van der Waals surface area (Å²) >= 11 is 6.06. The van der Waals surface area contributed by atoms with E-state index < -0.39 is 10.0 Å². The molecule has 5 aliphatic rings. The van der Waals surface area contributed by atoms with Crippen molar-refractivity contribution in [1.29, 1.82) is 0 Å². The molecule has 2 heterocycles. The van der Waals surface area contributed by atoms with Crippen LogP contribution in [0.25, 0.3) is 6.08 Å². The van der Waals surface area contributed by atoms with Gasteiger partial charge in [0.15, 0.2) is 0 Å². The minimum absolute atomic E-state index is 0.0685. The van der Waals surface area contributed by atoms with E-state index in [1.807, 2.05) is 43.0 Å². The van der Waals surface area contributed by atoms with Gasteiger partial charge in [0, 0.05) is 23.0 Å². The quantitative estimate of drug-likeness (QED) is 0.324. The summed E-state index contributed by atoms with van der Waals surface area (Å²) in [5.41, 5.74) is 4.82. The summed E-state index contributed by atoms with van der Waals surface area (Å²) in [6.07, 6.45) is 13.1. The average molecular weight is 568 g/mol. The largest absolute Gasteiger partial charge is 0.360 e. The predicted octanol–water partition coefficient (Wildman–Crippen LogP) is 5.87. The van der Waals surface area contributed by atoms with Crippen molar-refractivity contribution in [1.82, 2.24) is 14.6 Å². The topological polar surface area (TPSA) is 82.3 Å². The molecule has 2 atom stereocenters. The van der Waals surface area contributed by atoms with Crippen LogP contribution in [-0.4, -0.2) is 41.7 Å². The maximum Gasteiger partial charge on any atom is 0.241 e. The standard InChI is InChI=1S/C31H38ClN3O3S/c1-4-5-6-26-20(3)33-29-27(26)11-19(2)35(28(36)18-32)30(29)24-7-9-25(10-8-24)39(37,38)34-31-15-21-12-22(16-31)14-23(13-21)17-31/h4-10,19,21-23,30,33-34H,1,11-18H2,2-3H3/b6-5-/t19-,21?,22?,23?,30-,31?/m0/s1. The van der Waals surface area contributed by atoms with Gasteiger partial charge in [-0.1, -0.05) is 36.9 Å². The van der Waals surface area contributed by atoms with Gasteiger partial charge in [-0.25, -0.2) is 13.1 Å². The Labute approximate surface area is 236 Å². The molecule has 1 amide bonds. The Kier molecular flexibility index (Phi) is 6.84. The van der Waals surface area contributed by atoms with Gasteiger partial charge in [0.05, 0.1) is 10.9 Å². The predicted molar refractivity (Wildman–Crippen MR) is 155 cm³/mol. The highest BCUT2D eigenvalue weighted by molar-refractivity contribution is 7.89. The van der Waals surface area contributed by atoms with E-state index in [1.165, 1.54) is 24.8 Å². The molecular weight excluding hydrogens is 530 g/mol. The summed E-state index contributed by atoms with van der Waals surface area (Å²) in [5, 5.41) is 0. The molecule has 1 aromatic carbocycles. The summed E-state index contributed by atoms with van der Waals surface area (Å²) in [4.78, 5) is 18.7. The Hall–Kier alpha value is -2.35. The fraction of sp³-hybridized carbons (Fsp3) is 0.516. The summed E-state index contributed by atoms with van der Waals surface area (Å²) < 4.78 is 30.4. The number of aryl methyl sites for hydroxylation is 1. The molecule has 4 bridgehead atoms. The van der Waals surface area contributed by atoms with Crippen molar-refractivity contribution in [2.75, 3.05) is 5.88 Å². The van der Waals surface area contributed by atoms with Gasteiger partial charge < -0.3 is 9.88 Å². The number of nitrogens with one attached hydrogen (secondary N) is 2. The third kappa shape index (κ3) is 4.70. The number of alkyl halides is 1. The molecule has 0 spiro atoms. The highest BCUT2D eigenvalue weighted by Crippen LogP contribution is 2.56. The lowest BCUT2D eigenvalue weighted by Gasteiger charge is -2.56. The smallest absolute Gasteiger partial charge is 0.241 e. The molecule has 1 aromatic heterocycles. The Bertz CT molecular complexity index is 1390. The number of aromatic nitrogens is 1. The molecule has 0 unspecified atom stereocenters. The Morgan fingerprint density at radius 3 is 2.33 bits per heavy atom. The Morgan fingerprint density at radius 1 is 1.15 bits per heavy atom. The van der Waals surface area contributed by atoms with E-state index in [4.69, 9.17) is 11.6 Å². The van der Waals surface area contributed by atoms with Gasteiger partial charge in [0.25, 0.3) is 0 Å². The zero-order chi connectivity index (χ0) is 27.5. The van der Waals surface area contributed by atoms with Crippen LogP contribution in [0.15, 0.2) is 47.9 Å². The fourth-order valence-corrected chi connectivity index (χ4v) is 10.1. The third-order valence-electron chi connectivity index (χ3n) is 9.60. The lowest BCUT2D eigenvalue weighted by molar-refractivity contribution is -0.133. The summed E-state index contributed by atoms with van der Waals surface area (Å²) in [5.74, 6) is 1.72. The number of benzene rings is 1. The number of hydrogen-bond donors (Lipinski definition) is 2. The van der Waals surface area contributed by atoms with E-state index in [9.17, 15) is 13.2 Å². The van der Waals surface area contributed by atoms with Crippen LogP contribution in [0.4, 0.5) is 0 Å². The lowest BCUT2D eigenvalue weighted by atomic mass is 9.53. The molecule has 4 fully saturated rings. The molecule has 4 aliphatic carbocycles. The maximum atomic E-state index is 13.6. The summed E-state index contributed by atoms with van der Waals surface area (Å²) in [6, 6.07) is 6.63. The van der Waals surface area contributed by atoms with Gasteiger partial charge in [-0.05, 0) is 105 Å². The molecular formula is C31H38ClN3O3S. The van der Waals surface area contributed by atoms with Crippen molar-refractivity contribution in [2.45, 2.75) is 81.3 Å². The van der Waals surface area contributed by atoms with E-state index >= 15 is 0 Å². The average Bonchev–Trinajstić information content (AvgIpc) is 3.19.